The fourth-order valence-electron chi connectivity index (χ4n) is 4.18. The van der Waals surface area contributed by atoms with Gasteiger partial charge in [-0.25, -0.2) is 13.1 Å². The van der Waals surface area contributed by atoms with E-state index in [4.69, 9.17) is 0 Å². The van der Waals surface area contributed by atoms with Crippen molar-refractivity contribution < 1.29 is 22.8 Å². The molecular weight excluding hydrogens is 452 g/mol. The zero-order valence-corrected chi connectivity index (χ0v) is 20.4. The van der Waals surface area contributed by atoms with E-state index in [0.29, 0.717) is 13.0 Å². The Morgan fingerprint density at radius 1 is 1.06 bits per heavy atom. The molecule has 0 saturated heterocycles. The van der Waals surface area contributed by atoms with Crippen molar-refractivity contribution in [3.63, 3.8) is 0 Å². The van der Waals surface area contributed by atoms with Gasteiger partial charge in [0.05, 0.1) is 10.9 Å². The summed E-state index contributed by atoms with van der Waals surface area (Å²) in [6.07, 6.45) is 1.80. The molecule has 2 aromatic rings. The molecule has 0 radical (unpaired) electrons. The van der Waals surface area contributed by atoms with E-state index in [-0.39, 0.29) is 30.1 Å². The fraction of sp³-hybridized carbons (Fsp3) is 0.423. The number of carbonyl (C=O) groups is 3. The third-order valence-corrected chi connectivity index (χ3v) is 7.38. The van der Waals surface area contributed by atoms with Crippen LogP contribution in [0.15, 0.2) is 59.5 Å². The van der Waals surface area contributed by atoms with Crippen LogP contribution in [0.3, 0.4) is 0 Å². The predicted molar refractivity (Wildman–Crippen MR) is 130 cm³/mol. The molecule has 2 aromatic carbocycles. The molecule has 3 rings (SSSR count). The Balaban J connectivity index is 1.84. The van der Waals surface area contributed by atoms with Crippen molar-refractivity contribution in [3.8, 4) is 0 Å². The van der Waals surface area contributed by atoms with Crippen molar-refractivity contribution in [1.82, 2.24) is 10.0 Å². The molecule has 0 aliphatic carbocycles. The summed E-state index contributed by atoms with van der Waals surface area (Å²) in [6, 6.07) is 14.7. The third-order valence-electron chi connectivity index (χ3n) is 5.89. The maximum absolute atomic E-state index is 13.3. The van der Waals surface area contributed by atoms with Gasteiger partial charge in [-0.05, 0) is 54.9 Å². The Kier molecular flexibility index (Phi) is 8.74. The van der Waals surface area contributed by atoms with Gasteiger partial charge in [-0.1, -0.05) is 56.3 Å². The topological polar surface area (TPSA) is 109 Å². The molecule has 1 aliphatic heterocycles. The van der Waals surface area contributed by atoms with Gasteiger partial charge in [0.1, 0.15) is 0 Å². The molecule has 2 N–H and O–H groups in total. The summed E-state index contributed by atoms with van der Waals surface area (Å²) in [5, 5.41) is 2.65. The Labute approximate surface area is 201 Å². The molecule has 0 saturated carbocycles. The minimum atomic E-state index is -3.92. The molecule has 1 amide bonds. The van der Waals surface area contributed by atoms with Gasteiger partial charge in [-0.15, -0.1) is 0 Å². The van der Waals surface area contributed by atoms with E-state index in [9.17, 15) is 22.8 Å². The Morgan fingerprint density at radius 3 is 2.47 bits per heavy atom. The predicted octanol–water partition coefficient (Wildman–Crippen LogP) is 2.83. The number of fused-ring (bicyclic) bond motifs is 2. The standard InChI is InChI=1S/C26H32N2O5S/c1-18(2)14-23(28-34(32,33)22-11-4-3-5-12-22)24(29)17-21-16-20-9-6-8-19(15-20)10-7-13-27-26(31)25(21)30/h3-6,8-9,11-12,15,18,21,23,28H,7,10,13-14,16-17H2,1-2H3,(H,27,31). The van der Waals surface area contributed by atoms with Crippen molar-refractivity contribution in [3.05, 3.63) is 65.7 Å². The van der Waals surface area contributed by atoms with Crippen LogP contribution in [0.4, 0.5) is 0 Å². The van der Waals surface area contributed by atoms with Gasteiger partial charge in [-0.3, -0.25) is 14.4 Å². The van der Waals surface area contributed by atoms with E-state index in [1.165, 1.54) is 12.1 Å². The zero-order valence-electron chi connectivity index (χ0n) is 19.6. The summed E-state index contributed by atoms with van der Waals surface area (Å²) < 4.78 is 28.3. The van der Waals surface area contributed by atoms with E-state index < -0.39 is 39.5 Å². The minimum Gasteiger partial charge on any atom is -0.349 e. The lowest BCUT2D eigenvalue weighted by atomic mass is 9.86. The average molecular weight is 485 g/mol. The van der Waals surface area contributed by atoms with Crippen LogP contribution in [0.5, 0.6) is 0 Å². The van der Waals surface area contributed by atoms with Crippen LogP contribution < -0.4 is 10.0 Å². The van der Waals surface area contributed by atoms with Crippen molar-refractivity contribution in [2.75, 3.05) is 6.54 Å². The highest BCUT2D eigenvalue weighted by Gasteiger charge is 2.33. The molecular formula is C26H32N2O5S. The second kappa shape index (κ2) is 11.5. The number of hydrogen-bond donors (Lipinski definition) is 2. The Morgan fingerprint density at radius 2 is 1.76 bits per heavy atom. The highest BCUT2D eigenvalue weighted by molar-refractivity contribution is 7.89. The van der Waals surface area contributed by atoms with E-state index in [2.05, 4.69) is 10.0 Å². The van der Waals surface area contributed by atoms with E-state index >= 15 is 0 Å². The zero-order chi connectivity index (χ0) is 24.7. The van der Waals surface area contributed by atoms with Crippen molar-refractivity contribution in [2.24, 2.45) is 11.8 Å². The van der Waals surface area contributed by atoms with Gasteiger partial charge in [0.2, 0.25) is 15.8 Å². The van der Waals surface area contributed by atoms with Crippen molar-refractivity contribution in [2.45, 2.75) is 56.9 Å². The lowest BCUT2D eigenvalue weighted by Crippen LogP contribution is -2.44. The second-order valence-electron chi connectivity index (χ2n) is 9.23. The first-order valence-electron chi connectivity index (χ1n) is 11.7. The summed E-state index contributed by atoms with van der Waals surface area (Å²) >= 11 is 0. The molecule has 0 spiro atoms. The van der Waals surface area contributed by atoms with Gasteiger partial charge >= 0.3 is 0 Å². The summed E-state index contributed by atoms with van der Waals surface area (Å²) in [7, 11) is -3.92. The normalized spacial score (nSPS) is 18.1. The molecule has 0 aromatic heterocycles. The lowest BCUT2D eigenvalue weighted by Gasteiger charge is -2.22. The molecule has 0 fully saturated rings. The average Bonchev–Trinajstić information content (AvgIpc) is 2.81. The number of carbonyl (C=O) groups excluding carboxylic acids is 3. The number of benzene rings is 2. The largest absolute Gasteiger partial charge is 0.349 e. The van der Waals surface area contributed by atoms with Crippen LogP contribution >= 0.6 is 0 Å². The third kappa shape index (κ3) is 7.08. The molecule has 8 heteroatoms. The number of sulfonamides is 1. The van der Waals surface area contributed by atoms with Crippen LogP contribution in [0.1, 0.15) is 44.2 Å². The number of hydrogen-bond acceptors (Lipinski definition) is 5. The van der Waals surface area contributed by atoms with Gasteiger partial charge in [-0.2, -0.15) is 0 Å². The summed E-state index contributed by atoms with van der Waals surface area (Å²) in [4.78, 5) is 38.8. The Bertz CT molecular complexity index is 1130. The van der Waals surface area contributed by atoms with Crippen LogP contribution in [0.25, 0.3) is 0 Å². The first kappa shape index (κ1) is 25.8. The van der Waals surface area contributed by atoms with Gasteiger partial charge in [0.25, 0.3) is 5.91 Å². The maximum Gasteiger partial charge on any atom is 0.287 e. The number of ketones is 2. The second-order valence-corrected chi connectivity index (χ2v) is 10.9. The number of aryl methyl sites for hydroxylation is 1. The highest BCUT2D eigenvalue weighted by atomic mass is 32.2. The number of nitrogens with one attached hydrogen (secondary N) is 2. The minimum absolute atomic E-state index is 0.0377. The Hall–Kier alpha value is -2.84. The summed E-state index contributed by atoms with van der Waals surface area (Å²) in [5.41, 5.74) is 1.99. The first-order chi connectivity index (χ1) is 16.2. The van der Waals surface area contributed by atoms with Crippen LogP contribution in [0, 0.1) is 11.8 Å². The van der Waals surface area contributed by atoms with E-state index in [0.717, 1.165) is 17.5 Å². The molecule has 34 heavy (non-hydrogen) atoms. The smallest absolute Gasteiger partial charge is 0.287 e. The fourth-order valence-corrected chi connectivity index (χ4v) is 5.43. The number of Topliss-reactive ketones (excluding diaryl/α,β-unsaturated/α-hetero) is 2. The highest BCUT2D eigenvalue weighted by Crippen LogP contribution is 2.21. The summed E-state index contributed by atoms with van der Waals surface area (Å²) in [6.45, 7) is 4.17. The SMILES string of the molecule is CC(C)CC(NS(=O)(=O)c1ccccc1)C(=O)CC1Cc2cccc(c2)CCCNC(=O)C1=O. The van der Waals surface area contributed by atoms with Gasteiger partial charge < -0.3 is 5.32 Å². The van der Waals surface area contributed by atoms with E-state index in [1.54, 1.807) is 18.2 Å². The van der Waals surface area contributed by atoms with Crippen LogP contribution in [-0.4, -0.2) is 38.5 Å². The molecule has 2 bridgehead atoms. The molecule has 182 valence electrons. The molecule has 1 heterocycles. The lowest BCUT2D eigenvalue weighted by molar-refractivity contribution is -0.141. The first-order valence-corrected chi connectivity index (χ1v) is 13.1. The van der Waals surface area contributed by atoms with Crippen molar-refractivity contribution >= 4 is 27.5 Å². The molecule has 2 atom stereocenters. The molecule has 1 aliphatic rings. The van der Waals surface area contributed by atoms with Crippen LogP contribution in [0.2, 0.25) is 0 Å². The monoisotopic (exact) mass is 484 g/mol. The molecule has 2 unspecified atom stereocenters. The van der Waals surface area contributed by atoms with E-state index in [1.807, 2.05) is 38.1 Å². The van der Waals surface area contributed by atoms with Crippen molar-refractivity contribution in [1.29, 1.82) is 0 Å². The number of amides is 1. The molecule has 7 nitrogen and oxygen atoms in total. The number of rotatable bonds is 8. The van der Waals surface area contributed by atoms with Crippen LogP contribution in [-0.2, 0) is 37.2 Å². The quantitative estimate of drug-likeness (QED) is 0.560. The van der Waals surface area contributed by atoms with Gasteiger partial charge in [0.15, 0.2) is 5.78 Å². The summed E-state index contributed by atoms with van der Waals surface area (Å²) in [5.74, 6) is -2.56. The maximum atomic E-state index is 13.3. The van der Waals surface area contributed by atoms with Gasteiger partial charge in [0, 0.05) is 18.9 Å².